The number of carbonyl (C=O) groups excluding carboxylic acids is 1. The number of thioether (sulfide) groups is 1. The molecule has 4 nitrogen and oxygen atoms in total. The van der Waals surface area contributed by atoms with Crippen LogP contribution in [0.25, 0.3) is 0 Å². The van der Waals surface area contributed by atoms with Crippen LogP contribution in [0.4, 0.5) is 0 Å². The fraction of sp³-hybridized carbons (Fsp3) is 0.588. The van der Waals surface area contributed by atoms with Crippen molar-refractivity contribution < 1.29 is 4.79 Å². The van der Waals surface area contributed by atoms with Crippen LogP contribution in [0.15, 0.2) is 34.5 Å². The number of rotatable bonds is 4. The number of aromatic nitrogens is 1. The van der Waals surface area contributed by atoms with E-state index < -0.39 is 0 Å². The van der Waals surface area contributed by atoms with E-state index >= 15 is 0 Å². The highest BCUT2D eigenvalue weighted by atomic mass is 32.2. The van der Waals surface area contributed by atoms with E-state index in [0.717, 1.165) is 11.4 Å². The number of fused-ring (bicyclic) bond motifs is 2. The summed E-state index contributed by atoms with van der Waals surface area (Å²) in [7, 11) is 0. The van der Waals surface area contributed by atoms with Gasteiger partial charge in [-0.15, -0.1) is 0 Å². The molecule has 0 spiro atoms. The summed E-state index contributed by atoms with van der Waals surface area (Å²) in [5.74, 6) is 0.987. The van der Waals surface area contributed by atoms with Crippen molar-refractivity contribution in [2.75, 3.05) is 5.75 Å². The van der Waals surface area contributed by atoms with E-state index in [1.54, 1.807) is 6.20 Å². The van der Waals surface area contributed by atoms with Crippen molar-refractivity contribution in [2.24, 2.45) is 21.8 Å². The molecule has 2 aliphatic carbocycles. The number of carbonyl (C=O) groups is 1. The Balaban J connectivity index is 1.57. The predicted molar refractivity (Wildman–Crippen MR) is 89.8 cm³/mol. The lowest BCUT2D eigenvalue weighted by Crippen LogP contribution is -2.34. The minimum Gasteiger partial charge on any atom is -0.272 e. The average molecular weight is 317 g/mol. The first-order chi connectivity index (χ1) is 10.4. The molecule has 2 atom stereocenters. The van der Waals surface area contributed by atoms with Gasteiger partial charge in [-0.3, -0.25) is 4.79 Å². The van der Waals surface area contributed by atoms with Gasteiger partial charge in [0.1, 0.15) is 0 Å². The summed E-state index contributed by atoms with van der Waals surface area (Å²) < 4.78 is 0. The van der Waals surface area contributed by atoms with Gasteiger partial charge < -0.3 is 0 Å². The molecule has 118 valence electrons. The molecular formula is C17H23N3OS. The van der Waals surface area contributed by atoms with Crippen molar-refractivity contribution in [3.05, 3.63) is 24.4 Å². The van der Waals surface area contributed by atoms with Gasteiger partial charge in [0.25, 0.3) is 0 Å². The SMILES string of the molecule is CC1(C)[C@H]2CC[C@]1(C)/C(=N/NC(=O)CSc1ccccn1)C2. The first kappa shape index (κ1) is 15.5. The minimum absolute atomic E-state index is 0.0627. The number of pyridine rings is 1. The van der Waals surface area contributed by atoms with Crippen molar-refractivity contribution in [3.63, 3.8) is 0 Å². The second-order valence-corrected chi connectivity index (χ2v) is 8.04. The molecule has 2 saturated carbocycles. The number of amides is 1. The molecule has 1 aromatic heterocycles. The summed E-state index contributed by atoms with van der Waals surface area (Å²) in [6, 6.07) is 5.70. The minimum atomic E-state index is -0.0627. The Kier molecular flexibility index (Phi) is 4.02. The van der Waals surface area contributed by atoms with Crippen molar-refractivity contribution >= 4 is 23.4 Å². The third-order valence-electron chi connectivity index (χ3n) is 5.82. The molecule has 1 N–H and O–H groups in total. The summed E-state index contributed by atoms with van der Waals surface area (Å²) in [4.78, 5) is 16.2. The summed E-state index contributed by atoms with van der Waals surface area (Å²) in [5, 5.41) is 5.33. The highest BCUT2D eigenvalue weighted by molar-refractivity contribution is 7.99. The maximum absolute atomic E-state index is 12.0. The Morgan fingerprint density at radius 3 is 2.86 bits per heavy atom. The average Bonchev–Trinajstić information content (AvgIpc) is 2.85. The molecule has 2 bridgehead atoms. The van der Waals surface area contributed by atoms with Crippen LogP contribution in [-0.2, 0) is 4.79 Å². The molecule has 0 unspecified atom stereocenters. The van der Waals surface area contributed by atoms with Gasteiger partial charge in [-0.2, -0.15) is 5.10 Å². The summed E-state index contributed by atoms with van der Waals surface area (Å²) >= 11 is 1.43. The molecule has 2 aliphatic rings. The Morgan fingerprint density at radius 1 is 1.45 bits per heavy atom. The second-order valence-electron chi connectivity index (χ2n) is 7.04. The van der Waals surface area contributed by atoms with Crippen LogP contribution < -0.4 is 5.43 Å². The summed E-state index contributed by atoms with van der Waals surface area (Å²) in [6.07, 6.45) is 5.23. The number of nitrogens with one attached hydrogen (secondary N) is 1. The van der Waals surface area contributed by atoms with Crippen LogP contribution in [0.1, 0.15) is 40.0 Å². The first-order valence-electron chi connectivity index (χ1n) is 7.83. The van der Waals surface area contributed by atoms with Gasteiger partial charge in [0.15, 0.2) is 0 Å². The molecule has 0 aliphatic heterocycles. The highest BCUT2D eigenvalue weighted by Gasteiger charge is 2.59. The van der Waals surface area contributed by atoms with Gasteiger partial charge >= 0.3 is 0 Å². The van der Waals surface area contributed by atoms with Gasteiger partial charge in [0, 0.05) is 17.3 Å². The standard InChI is InChI=1S/C17H23N3OS/c1-16(2)12-7-8-17(16,3)13(10-12)19-20-14(21)11-22-15-6-4-5-9-18-15/h4-6,9,12H,7-8,10-11H2,1-3H3,(H,20,21)/b19-13+/t12-,17+/m0/s1. The van der Waals surface area contributed by atoms with Gasteiger partial charge in [-0.25, -0.2) is 10.4 Å². The molecule has 5 heteroatoms. The molecule has 0 radical (unpaired) electrons. The van der Waals surface area contributed by atoms with Gasteiger partial charge in [0.2, 0.25) is 5.91 Å². The Bertz CT molecular complexity index is 599. The van der Waals surface area contributed by atoms with Gasteiger partial charge in [-0.1, -0.05) is 38.6 Å². The van der Waals surface area contributed by atoms with Crippen molar-refractivity contribution in [1.29, 1.82) is 0 Å². The molecule has 0 saturated heterocycles. The molecular weight excluding hydrogens is 294 g/mol. The Labute approximate surface area is 136 Å². The largest absolute Gasteiger partial charge is 0.272 e. The fourth-order valence-electron chi connectivity index (χ4n) is 3.83. The number of hydrogen-bond acceptors (Lipinski definition) is 4. The van der Waals surface area contributed by atoms with Crippen LogP contribution in [0.3, 0.4) is 0 Å². The van der Waals surface area contributed by atoms with Crippen LogP contribution >= 0.6 is 11.8 Å². The number of hydrazone groups is 1. The monoisotopic (exact) mass is 317 g/mol. The van der Waals surface area contributed by atoms with Crippen LogP contribution in [-0.4, -0.2) is 22.4 Å². The quantitative estimate of drug-likeness (QED) is 0.683. The van der Waals surface area contributed by atoms with Crippen LogP contribution in [0.5, 0.6) is 0 Å². The van der Waals surface area contributed by atoms with Crippen LogP contribution in [0.2, 0.25) is 0 Å². The maximum Gasteiger partial charge on any atom is 0.250 e. The van der Waals surface area contributed by atoms with E-state index in [4.69, 9.17) is 0 Å². The smallest absolute Gasteiger partial charge is 0.250 e. The lowest BCUT2D eigenvalue weighted by Gasteiger charge is -2.34. The second kappa shape index (κ2) is 5.69. The van der Waals surface area contributed by atoms with E-state index in [0.29, 0.717) is 17.1 Å². The summed E-state index contributed by atoms with van der Waals surface area (Å²) in [6.45, 7) is 6.98. The first-order valence-corrected chi connectivity index (χ1v) is 8.82. The van der Waals surface area contributed by atoms with Crippen molar-refractivity contribution in [3.8, 4) is 0 Å². The number of hydrogen-bond donors (Lipinski definition) is 1. The van der Waals surface area contributed by atoms with Crippen molar-refractivity contribution in [1.82, 2.24) is 10.4 Å². The molecule has 22 heavy (non-hydrogen) atoms. The Hall–Kier alpha value is -1.36. The lowest BCUT2D eigenvalue weighted by molar-refractivity contribution is -0.118. The van der Waals surface area contributed by atoms with E-state index in [1.165, 1.54) is 30.3 Å². The van der Waals surface area contributed by atoms with Gasteiger partial charge in [0.05, 0.1) is 10.8 Å². The molecule has 1 aromatic rings. The molecule has 1 heterocycles. The fourth-order valence-corrected chi connectivity index (χ4v) is 4.49. The third-order valence-corrected chi connectivity index (χ3v) is 6.76. The normalized spacial score (nSPS) is 30.7. The van der Waals surface area contributed by atoms with E-state index in [-0.39, 0.29) is 11.3 Å². The molecule has 0 aromatic carbocycles. The molecule has 2 fully saturated rings. The third kappa shape index (κ3) is 2.56. The van der Waals surface area contributed by atoms with E-state index in [9.17, 15) is 4.79 Å². The molecule has 1 amide bonds. The zero-order valence-corrected chi connectivity index (χ0v) is 14.2. The number of nitrogens with zero attached hydrogens (tertiary/aromatic N) is 2. The summed E-state index contributed by atoms with van der Waals surface area (Å²) in [5.41, 5.74) is 4.34. The Morgan fingerprint density at radius 2 is 2.27 bits per heavy atom. The van der Waals surface area contributed by atoms with Gasteiger partial charge in [-0.05, 0) is 42.7 Å². The highest BCUT2D eigenvalue weighted by Crippen LogP contribution is 2.63. The maximum atomic E-state index is 12.0. The topological polar surface area (TPSA) is 54.4 Å². The van der Waals surface area contributed by atoms with Crippen LogP contribution in [0, 0.1) is 16.7 Å². The van der Waals surface area contributed by atoms with E-state index in [2.05, 4.69) is 36.3 Å². The zero-order valence-electron chi connectivity index (χ0n) is 13.4. The lowest BCUT2D eigenvalue weighted by atomic mass is 9.70. The van der Waals surface area contributed by atoms with Crippen molar-refractivity contribution in [2.45, 2.75) is 45.1 Å². The van der Waals surface area contributed by atoms with E-state index in [1.807, 2.05) is 18.2 Å². The predicted octanol–water partition coefficient (Wildman–Crippen LogP) is 3.49. The zero-order chi connectivity index (χ0) is 15.8. The molecule has 3 rings (SSSR count).